The largest absolute Gasteiger partial charge is 0.476 e. The smallest absolute Gasteiger partial charge is 0.269 e. The van der Waals surface area contributed by atoms with E-state index in [2.05, 4.69) is 15.5 Å². The number of benzene rings is 1. The van der Waals surface area contributed by atoms with Crippen LogP contribution in [0.1, 0.15) is 6.92 Å². The summed E-state index contributed by atoms with van der Waals surface area (Å²) < 4.78 is 32.5. The summed E-state index contributed by atoms with van der Waals surface area (Å²) in [5, 5.41) is 10.8. The fraction of sp³-hybridized carbons (Fsp3) is 0.357. The van der Waals surface area contributed by atoms with E-state index in [0.717, 1.165) is 4.34 Å². The van der Waals surface area contributed by atoms with E-state index in [1.54, 1.807) is 31.2 Å². The number of anilines is 2. The lowest BCUT2D eigenvalue weighted by Gasteiger charge is -2.34. The topological polar surface area (TPSA) is 101 Å². The molecule has 0 bridgehead atoms. The molecule has 1 atom stereocenters. The average molecular weight is 401 g/mol. The quantitative estimate of drug-likeness (QED) is 0.603. The third kappa shape index (κ3) is 3.72. The van der Waals surface area contributed by atoms with E-state index >= 15 is 0 Å². The Morgan fingerprint density at radius 1 is 1.44 bits per heavy atom. The minimum absolute atomic E-state index is 0.0663. The molecule has 0 fully saturated rings. The number of aromatic nitrogens is 2. The molecule has 2 heterocycles. The van der Waals surface area contributed by atoms with Crippen LogP contribution in [-0.2, 0) is 14.8 Å². The molecule has 0 saturated carbocycles. The molecule has 134 valence electrons. The fourth-order valence-electron chi connectivity index (χ4n) is 2.29. The van der Waals surface area contributed by atoms with Crippen LogP contribution in [0.3, 0.4) is 0 Å². The van der Waals surface area contributed by atoms with Crippen LogP contribution in [0.25, 0.3) is 0 Å². The van der Waals surface area contributed by atoms with Gasteiger partial charge in [0.2, 0.25) is 15.2 Å². The van der Waals surface area contributed by atoms with Gasteiger partial charge in [0, 0.05) is 0 Å². The van der Waals surface area contributed by atoms with E-state index in [4.69, 9.17) is 4.74 Å². The summed E-state index contributed by atoms with van der Waals surface area (Å²) in [5.41, 5.74) is 0.439. The molecule has 1 aromatic carbocycles. The van der Waals surface area contributed by atoms with Crippen molar-refractivity contribution in [2.24, 2.45) is 0 Å². The summed E-state index contributed by atoms with van der Waals surface area (Å²) in [4.78, 5) is 12.5. The van der Waals surface area contributed by atoms with Gasteiger partial charge in [0.25, 0.3) is 5.91 Å². The molecule has 0 unspecified atom stereocenters. The van der Waals surface area contributed by atoms with Crippen molar-refractivity contribution < 1.29 is 17.9 Å². The highest BCUT2D eigenvalue weighted by Crippen LogP contribution is 2.35. The first-order valence-electron chi connectivity index (χ1n) is 7.39. The van der Waals surface area contributed by atoms with Gasteiger partial charge in [0.1, 0.15) is 5.75 Å². The maximum absolute atomic E-state index is 12.5. The molecule has 0 aliphatic carbocycles. The second-order valence-corrected chi connectivity index (χ2v) is 9.29. The van der Waals surface area contributed by atoms with Crippen LogP contribution in [0.4, 0.5) is 10.8 Å². The molecule has 11 heteroatoms. The van der Waals surface area contributed by atoms with E-state index in [9.17, 15) is 13.2 Å². The van der Waals surface area contributed by atoms with Crippen LogP contribution in [0.2, 0.25) is 0 Å². The number of amides is 1. The van der Waals surface area contributed by atoms with Crippen molar-refractivity contribution in [2.75, 3.05) is 28.2 Å². The van der Waals surface area contributed by atoms with Gasteiger partial charge in [0.15, 0.2) is 10.4 Å². The minimum Gasteiger partial charge on any atom is -0.476 e. The standard InChI is InChI=1S/C14H16N4O4S3/c1-3-25(20,21)18-8-11(22-10-7-5-4-6-9(10)18)12(19)15-13-16-17-14(23-2)24-13/h4-7,11H,3,8H2,1-2H3,(H,15,16,19)/t11-/m1/s1. The van der Waals surface area contributed by atoms with Crippen LogP contribution in [0, 0.1) is 0 Å². The van der Waals surface area contributed by atoms with Gasteiger partial charge in [-0.2, -0.15) is 0 Å². The molecule has 1 aliphatic heterocycles. The Kier molecular flexibility index (Phi) is 5.16. The summed E-state index contributed by atoms with van der Waals surface area (Å²) in [7, 11) is -3.53. The number of nitrogens with one attached hydrogen (secondary N) is 1. The molecule has 0 saturated heterocycles. The zero-order valence-corrected chi connectivity index (χ0v) is 15.9. The third-order valence-corrected chi connectivity index (χ3v) is 7.10. The van der Waals surface area contributed by atoms with Crippen LogP contribution in [0.15, 0.2) is 28.6 Å². The highest BCUT2D eigenvalue weighted by molar-refractivity contribution is 8.00. The number of hydrogen-bond acceptors (Lipinski definition) is 8. The maximum atomic E-state index is 12.5. The first kappa shape index (κ1) is 18.0. The zero-order chi connectivity index (χ0) is 18.0. The zero-order valence-electron chi connectivity index (χ0n) is 13.5. The van der Waals surface area contributed by atoms with E-state index in [0.29, 0.717) is 16.6 Å². The Hall–Kier alpha value is -1.85. The Balaban J connectivity index is 1.85. The third-order valence-electron chi connectivity index (χ3n) is 3.54. The van der Waals surface area contributed by atoms with Crippen molar-refractivity contribution in [1.29, 1.82) is 0 Å². The Morgan fingerprint density at radius 2 is 2.20 bits per heavy atom. The predicted molar refractivity (Wildman–Crippen MR) is 98.0 cm³/mol. The summed E-state index contributed by atoms with van der Waals surface area (Å²) in [6.45, 7) is 1.47. The summed E-state index contributed by atoms with van der Waals surface area (Å²) >= 11 is 2.67. The molecule has 0 radical (unpaired) electrons. The molecule has 1 aliphatic rings. The van der Waals surface area contributed by atoms with Crippen molar-refractivity contribution in [3.05, 3.63) is 24.3 Å². The molecule has 1 N–H and O–H groups in total. The van der Waals surface area contributed by atoms with Gasteiger partial charge in [-0.25, -0.2) is 8.42 Å². The van der Waals surface area contributed by atoms with Crippen LogP contribution >= 0.6 is 23.1 Å². The number of thioether (sulfide) groups is 1. The Morgan fingerprint density at radius 3 is 2.88 bits per heavy atom. The molecule has 0 spiro atoms. The second kappa shape index (κ2) is 7.18. The van der Waals surface area contributed by atoms with Crippen molar-refractivity contribution in [3.63, 3.8) is 0 Å². The van der Waals surface area contributed by atoms with Gasteiger partial charge >= 0.3 is 0 Å². The molecule has 1 amide bonds. The molecule has 8 nitrogen and oxygen atoms in total. The number of ether oxygens (including phenoxy) is 1. The predicted octanol–water partition coefficient (Wildman–Crippen LogP) is 1.82. The van der Waals surface area contributed by atoms with E-state index < -0.39 is 22.0 Å². The lowest BCUT2D eigenvalue weighted by Crippen LogP contribution is -2.49. The highest BCUT2D eigenvalue weighted by atomic mass is 32.2. The van der Waals surface area contributed by atoms with Crippen molar-refractivity contribution in [3.8, 4) is 5.75 Å². The normalized spacial score (nSPS) is 16.9. The van der Waals surface area contributed by atoms with Gasteiger partial charge in [0.05, 0.1) is 18.0 Å². The average Bonchev–Trinajstić information content (AvgIpc) is 3.08. The van der Waals surface area contributed by atoms with Gasteiger partial charge < -0.3 is 4.74 Å². The summed E-state index contributed by atoms with van der Waals surface area (Å²) in [6, 6.07) is 6.76. The van der Waals surface area contributed by atoms with Crippen molar-refractivity contribution in [2.45, 2.75) is 17.4 Å². The number of carbonyl (C=O) groups is 1. The fourth-order valence-corrected chi connectivity index (χ4v) is 4.58. The van der Waals surface area contributed by atoms with Crippen LogP contribution < -0.4 is 14.4 Å². The summed E-state index contributed by atoms with van der Waals surface area (Å²) in [5.74, 6) is -0.175. The van der Waals surface area contributed by atoms with E-state index in [1.165, 1.54) is 27.4 Å². The molecule has 2 aromatic rings. The van der Waals surface area contributed by atoms with E-state index in [-0.39, 0.29) is 12.3 Å². The van der Waals surface area contributed by atoms with Gasteiger partial charge in [-0.15, -0.1) is 10.2 Å². The minimum atomic E-state index is -3.53. The lowest BCUT2D eigenvalue weighted by atomic mass is 10.2. The Labute approximate surface area is 153 Å². The maximum Gasteiger partial charge on any atom is 0.269 e. The lowest BCUT2D eigenvalue weighted by molar-refractivity contribution is -0.122. The number of carbonyl (C=O) groups excluding carboxylic acids is 1. The van der Waals surface area contributed by atoms with Gasteiger partial charge in [-0.3, -0.25) is 14.4 Å². The summed E-state index contributed by atoms with van der Waals surface area (Å²) in [6.07, 6.45) is 0.888. The molecular formula is C14H16N4O4S3. The Bertz CT molecular complexity index is 884. The second-order valence-electron chi connectivity index (χ2n) is 5.07. The monoisotopic (exact) mass is 400 g/mol. The first-order valence-corrected chi connectivity index (χ1v) is 11.0. The number of rotatable bonds is 5. The van der Waals surface area contributed by atoms with Crippen molar-refractivity contribution >= 4 is 49.8 Å². The molecular weight excluding hydrogens is 384 g/mol. The van der Waals surface area contributed by atoms with Crippen LogP contribution in [-0.4, -0.2) is 49.2 Å². The van der Waals surface area contributed by atoms with E-state index in [1.807, 2.05) is 6.26 Å². The van der Waals surface area contributed by atoms with Crippen molar-refractivity contribution in [1.82, 2.24) is 10.2 Å². The first-order chi connectivity index (χ1) is 11.9. The highest BCUT2D eigenvalue weighted by Gasteiger charge is 2.36. The van der Waals surface area contributed by atoms with Gasteiger partial charge in [-0.05, 0) is 25.3 Å². The molecule has 25 heavy (non-hydrogen) atoms. The number of nitrogens with zero attached hydrogens (tertiary/aromatic N) is 3. The SMILES string of the molecule is CCS(=O)(=O)N1C[C@H](C(=O)Nc2nnc(SC)s2)Oc2ccccc21. The number of fused-ring (bicyclic) bond motifs is 1. The molecule has 1 aromatic heterocycles. The molecule has 3 rings (SSSR count). The number of hydrogen-bond donors (Lipinski definition) is 1. The van der Waals surface area contributed by atoms with Crippen LogP contribution in [0.5, 0.6) is 5.75 Å². The number of sulfonamides is 1. The van der Waals surface area contributed by atoms with Gasteiger partial charge in [-0.1, -0.05) is 35.2 Å². The number of para-hydroxylation sites is 2.